The van der Waals surface area contributed by atoms with Gasteiger partial charge < -0.3 is 14.2 Å². The maximum Gasteiger partial charge on any atom is 0.284 e. The average Bonchev–Trinajstić information content (AvgIpc) is 2.98. The average molecular weight is 267 g/mol. The molecule has 0 spiro atoms. The summed E-state index contributed by atoms with van der Waals surface area (Å²) in [5.41, 5.74) is 0. The minimum atomic E-state index is -0.283. The molecule has 18 heavy (non-hydrogen) atoms. The second kappa shape index (κ2) is 5.72. The zero-order valence-electron chi connectivity index (χ0n) is 10.0. The first kappa shape index (κ1) is 12.7. The molecule has 6 nitrogen and oxygen atoms in total. The highest BCUT2D eigenvalue weighted by molar-refractivity contribution is 8.00. The van der Waals surface area contributed by atoms with Gasteiger partial charge in [0.05, 0.1) is 11.5 Å². The van der Waals surface area contributed by atoms with E-state index in [2.05, 4.69) is 15.5 Å². The van der Waals surface area contributed by atoms with Crippen LogP contribution in [0, 0.1) is 0 Å². The van der Waals surface area contributed by atoms with Crippen LogP contribution in [0.3, 0.4) is 0 Å². The lowest BCUT2D eigenvalue weighted by Gasteiger charge is -2.07. The molecular weight excluding hydrogens is 254 g/mol. The first-order valence-electron chi connectivity index (χ1n) is 5.52. The number of rotatable bonds is 5. The number of hydrogen-bond acceptors (Lipinski definition) is 6. The Kier molecular flexibility index (Phi) is 4.03. The van der Waals surface area contributed by atoms with Crippen molar-refractivity contribution >= 4 is 17.7 Å². The molecule has 96 valence electrons. The van der Waals surface area contributed by atoms with E-state index in [1.165, 1.54) is 18.0 Å². The smallest absolute Gasteiger partial charge is 0.284 e. The second-order valence-electron chi connectivity index (χ2n) is 3.51. The number of amides is 1. The van der Waals surface area contributed by atoms with Crippen molar-refractivity contribution in [2.75, 3.05) is 6.54 Å². The lowest BCUT2D eigenvalue weighted by atomic mass is 10.4. The summed E-state index contributed by atoms with van der Waals surface area (Å²) in [5.74, 6) is 0.769. The highest BCUT2D eigenvalue weighted by Gasteiger charge is 2.18. The number of nitrogens with one attached hydrogen (secondary N) is 1. The van der Waals surface area contributed by atoms with Gasteiger partial charge in [-0.1, -0.05) is 11.8 Å². The van der Waals surface area contributed by atoms with Crippen molar-refractivity contribution in [2.45, 2.75) is 24.3 Å². The summed E-state index contributed by atoms with van der Waals surface area (Å²) in [6.07, 6.45) is 1.53. The molecule has 0 aliphatic rings. The Morgan fingerprint density at radius 3 is 3.06 bits per heavy atom. The number of carbonyl (C=O) groups excluding carboxylic acids is 1. The summed E-state index contributed by atoms with van der Waals surface area (Å²) in [6, 6.07) is 3.47. The summed E-state index contributed by atoms with van der Waals surface area (Å²) in [6.45, 7) is 4.26. The van der Waals surface area contributed by atoms with Crippen LogP contribution in [0.2, 0.25) is 0 Å². The fourth-order valence-electron chi connectivity index (χ4n) is 1.28. The molecule has 2 aromatic heterocycles. The van der Waals surface area contributed by atoms with Gasteiger partial charge in [-0.05, 0) is 26.0 Å². The fraction of sp³-hybridized carbons (Fsp3) is 0.364. The van der Waals surface area contributed by atoms with Crippen LogP contribution in [-0.2, 0) is 4.79 Å². The molecule has 2 heterocycles. The van der Waals surface area contributed by atoms with Crippen molar-refractivity contribution in [2.24, 2.45) is 0 Å². The van der Waals surface area contributed by atoms with E-state index in [0.717, 1.165) is 0 Å². The molecule has 0 fully saturated rings. The predicted molar refractivity (Wildman–Crippen MR) is 66.0 cm³/mol. The van der Waals surface area contributed by atoms with Crippen molar-refractivity contribution in [3.8, 4) is 11.7 Å². The van der Waals surface area contributed by atoms with E-state index >= 15 is 0 Å². The molecule has 1 atom stereocenters. The minimum absolute atomic E-state index is 0.0553. The van der Waals surface area contributed by atoms with Crippen LogP contribution in [0.5, 0.6) is 0 Å². The predicted octanol–water partition coefficient (Wildman–Crippen LogP) is 1.95. The zero-order chi connectivity index (χ0) is 13.0. The summed E-state index contributed by atoms with van der Waals surface area (Å²) < 4.78 is 10.5. The maximum absolute atomic E-state index is 11.5. The minimum Gasteiger partial charge on any atom is -0.459 e. The maximum atomic E-state index is 11.5. The first-order valence-corrected chi connectivity index (χ1v) is 6.40. The number of nitrogens with zero attached hydrogens (tertiary/aromatic N) is 2. The van der Waals surface area contributed by atoms with Crippen molar-refractivity contribution in [1.82, 2.24) is 15.5 Å². The van der Waals surface area contributed by atoms with Gasteiger partial charge in [0, 0.05) is 6.54 Å². The molecule has 1 N–H and O–H groups in total. The molecule has 0 saturated heterocycles. The van der Waals surface area contributed by atoms with Crippen LogP contribution in [0.1, 0.15) is 13.8 Å². The van der Waals surface area contributed by atoms with Gasteiger partial charge in [-0.15, -0.1) is 10.2 Å². The monoisotopic (exact) mass is 267 g/mol. The molecule has 0 aliphatic carbocycles. The Bertz CT molecular complexity index is 509. The van der Waals surface area contributed by atoms with Gasteiger partial charge >= 0.3 is 0 Å². The third kappa shape index (κ3) is 2.92. The number of hydrogen-bond donors (Lipinski definition) is 1. The highest BCUT2D eigenvalue weighted by atomic mass is 32.2. The topological polar surface area (TPSA) is 81.2 Å². The highest BCUT2D eigenvalue weighted by Crippen LogP contribution is 2.26. The van der Waals surface area contributed by atoms with E-state index in [1.54, 1.807) is 19.1 Å². The van der Waals surface area contributed by atoms with E-state index in [0.29, 0.717) is 23.4 Å². The Morgan fingerprint density at radius 2 is 2.39 bits per heavy atom. The first-order chi connectivity index (χ1) is 8.70. The molecule has 0 saturated carbocycles. The SMILES string of the molecule is CCNC(=O)C(C)Sc1nnc(-c2ccco2)o1. The van der Waals surface area contributed by atoms with Crippen molar-refractivity contribution in [1.29, 1.82) is 0 Å². The number of aromatic nitrogens is 2. The number of carbonyl (C=O) groups is 1. The standard InChI is InChI=1S/C11H13N3O3S/c1-3-12-9(15)7(2)18-11-14-13-10(17-11)8-5-4-6-16-8/h4-7H,3H2,1-2H3,(H,12,15). The van der Waals surface area contributed by atoms with E-state index in [1.807, 2.05) is 6.92 Å². The molecule has 7 heteroatoms. The lowest BCUT2D eigenvalue weighted by molar-refractivity contribution is -0.120. The van der Waals surface area contributed by atoms with Gasteiger partial charge in [0.1, 0.15) is 0 Å². The van der Waals surface area contributed by atoms with E-state index in [4.69, 9.17) is 8.83 Å². The Hall–Kier alpha value is -1.76. The molecular formula is C11H13N3O3S. The van der Waals surface area contributed by atoms with Crippen molar-refractivity contribution < 1.29 is 13.6 Å². The molecule has 0 aliphatic heterocycles. The zero-order valence-corrected chi connectivity index (χ0v) is 10.9. The number of furan rings is 1. The largest absolute Gasteiger partial charge is 0.459 e. The molecule has 0 radical (unpaired) electrons. The fourth-order valence-corrected chi connectivity index (χ4v) is 1.99. The van der Waals surface area contributed by atoms with Crippen molar-refractivity contribution in [3.05, 3.63) is 18.4 Å². The molecule has 0 aromatic carbocycles. The molecule has 1 amide bonds. The lowest BCUT2D eigenvalue weighted by Crippen LogP contribution is -2.30. The van der Waals surface area contributed by atoms with Crippen LogP contribution < -0.4 is 5.32 Å². The van der Waals surface area contributed by atoms with Crippen LogP contribution in [0.25, 0.3) is 11.7 Å². The molecule has 2 aromatic rings. The Morgan fingerprint density at radius 1 is 1.56 bits per heavy atom. The van der Waals surface area contributed by atoms with Crippen LogP contribution in [-0.4, -0.2) is 27.9 Å². The van der Waals surface area contributed by atoms with Gasteiger partial charge in [0.25, 0.3) is 11.1 Å². The van der Waals surface area contributed by atoms with E-state index < -0.39 is 0 Å². The van der Waals surface area contributed by atoms with Crippen LogP contribution >= 0.6 is 11.8 Å². The number of thioether (sulfide) groups is 1. The normalized spacial score (nSPS) is 12.3. The summed E-state index contributed by atoms with van der Waals surface area (Å²) in [7, 11) is 0. The van der Waals surface area contributed by atoms with Crippen molar-refractivity contribution in [3.63, 3.8) is 0 Å². The third-order valence-electron chi connectivity index (χ3n) is 2.14. The quantitative estimate of drug-likeness (QED) is 0.834. The van der Waals surface area contributed by atoms with E-state index in [-0.39, 0.29) is 11.2 Å². The van der Waals surface area contributed by atoms with Gasteiger partial charge in [-0.25, -0.2) is 0 Å². The van der Waals surface area contributed by atoms with Gasteiger partial charge in [-0.2, -0.15) is 0 Å². The van der Waals surface area contributed by atoms with E-state index in [9.17, 15) is 4.79 Å². The Labute approximate surface area is 108 Å². The van der Waals surface area contributed by atoms with Gasteiger partial charge in [0.15, 0.2) is 5.76 Å². The summed E-state index contributed by atoms with van der Waals surface area (Å²) in [5, 5.41) is 10.5. The summed E-state index contributed by atoms with van der Waals surface area (Å²) >= 11 is 1.22. The Balaban J connectivity index is 2.01. The summed E-state index contributed by atoms with van der Waals surface area (Å²) in [4.78, 5) is 11.5. The molecule has 0 bridgehead atoms. The van der Waals surface area contributed by atoms with Crippen LogP contribution in [0.4, 0.5) is 0 Å². The second-order valence-corrected chi connectivity index (χ2v) is 4.80. The van der Waals surface area contributed by atoms with Crippen LogP contribution in [0.15, 0.2) is 32.5 Å². The molecule has 2 rings (SSSR count). The molecule has 1 unspecified atom stereocenters. The van der Waals surface area contributed by atoms with Gasteiger partial charge in [-0.3, -0.25) is 4.79 Å². The third-order valence-corrected chi connectivity index (χ3v) is 3.07. The van der Waals surface area contributed by atoms with Gasteiger partial charge in [0.2, 0.25) is 5.91 Å².